The smallest absolute Gasteiger partial charge is 0.335 e. The molecule has 0 spiro atoms. The molecule has 5 nitrogen and oxygen atoms in total. The summed E-state index contributed by atoms with van der Waals surface area (Å²) in [6.07, 6.45) is 4.95. The Bertz CT molecular complexity index is 1150. The van der Waals surface area contributed by atoms with Crippen molar-refractivity contribution in [3.8, 4) is 23.0 Å². The number of thiophene rings is 1. The van der Waals surface area contributed by atoms with Crippen molar-refractivity contribution in [2.75, 3.05) is 0 Å². The van der Waals surface area contributed by atoms with Crippen molar-refractivity contribution in [1.29, 1.82) is 5.26 Å². The Morgan fingerprint density at radius 2 is 2.04 bits per heavy atom. The maximum atomic E-state index is 11.2. The highest BCUT2D eigenvalue weighted by Gasteiger charge is 2.15. The number of nitriles is 1. The van der Waals surface area contributed by atoms with Crippen LogP contribution in [0.1, 0.15) is 15.9 Å². The predicted molar refractivity (Wildman–Crippen MR) is 96.1 cm³/mol. The lowest BCUT2D eigenvalue weighted by atomic mass is 10.0. The summed E-state index contributed by atoms with van der Waals surface area (Å²) < 4.78 is 2.84. The Kier molecular flexibility index (Phi) is 3.56. The number of pyridine rings is 1. The molecule has 0 aliphatic carbocycles. The molecular weight excluding hydrogens is 334 g/mol. The molecule has 3 aromatic heterocycles. The van der Waals surface area contributed by atoms with Crippen LogP contribution in [-0.2, 0) is 0 Å². The third-order valence-electron chi connectivity index (χ3n) is 3.98. The topological polar surface area (TPSA) is 78.9 Å². The molecule has 1 aromatic carbocycles. The van der Waals surface area contributed by atoms with Crippen molar-refractivity contribution in [1.82, 2.24) is 9.55 Å². The van der Waals surface area contributed by atoms with Gasteiger partial charge < -0.3 is 9.67 Å². The SMILES string of the molecule is N#Cc1cn(-c2cc(C(=O)O)ccn2)cc1-c1csc2ccccc12. The zero-order chi connectivity index (χ0) is 17.4. The largest absolute Gasteiger partial charge is 0.478 e. The lowest BCUT2D eigenvalue weighted by Gasteiger charge is -2.02. The summed E-state index contributed by atoms with van der Waals surface area (Å²) in [4.78, 5) is 15.4. The van der Waals surface area contributed by atoms with Gasteiger partial charge in [0.15, 0.2) is 0 Å². The molecule has 0 aliphatic rings. The number of rotatable bonds is 3. The van der Waals surface area contributed by atoms with E-state index >= 15 is 0 Å². The number of nitrogens with zero attached hydrogens (tertiary/aromatic N) is 3. The standard InChI is InChI=1S/C19H11N3O2S/c20-8-13-9-22(18-7-12(19(23)24)5-6-21-18)10-15(13)16-11-25-17-4-2-1-3-14(16)17/h1-7,9-11H,(H,23,24). The Balaban J connectivity index is 1.88. The molecule has 6 heteroatoms. The maximum absolute atomic E-state index is 11.2. The van der Waals surface area contributed by atoms with Gasteiger partial charge in [0.1, 0.15) is 11.9 Å². The van der Waals surface area contributed by atoms with Crippen LogP contribution in [0.3, 0.4) is 0 Å². The van der Waals surface area contributed by atoms with Crippen LogP contribution in [-0.4, -0.2) is 20.6 Å². The maximum Gasteiger partial charge on any atom is 0.335 e. The first-order chi connectivity index (χ1) is 12.2. The van der Waals surface area contributed by atoms with Crippen LogP contribution in [0.2, 0.25) is 0 Å². The fraction of sp³-hybridized carbons (Fsp3) is 0. The van der Waals surface area contributed by atoms with E-state index in [1.54, 1.807) is 22.1 Å². The van der Waals surface area contributed by atoms with Crippen LogP contribution >= 0.6 is 11.3 Å². The van der Waals surface area contributed by atoms with Gasteiger partial charge in [0.05, 0.1) is 11.1 Å². The highest BCUT2D eigenvalue weighted by atomic mass is 32.1. The molecular formula is C19H11N3O2S. The van der Waals surface area contributed by atoms with Crippen molar-refractivity contribution in [3.05, 3.63) is 71.5 Å². The van der Waals surface area contributed by atoms with Crippen molar-refractivity contribution in [2.24, 2.45) is 0 Å². The van der Waals surface area contributed by atoms with Gasteiger partial charge in [-0.25, -0.2) is 9.78 Å². The monoisotopic (exact) mass is 345 g/mol. The van der Waals surface area contributed by atoms with Gasteiger partial charge in [-0.05, 0) is 23.6 Å². The summed E-state index contributed by atoms with van der Waals surface area (Å²) >= 11 is 1.63. The second kappa shape index (κ2) is 5.89. The predicted octanol–water partition coefficient (Wildman–Crippen LogP) is 4.32. The van der Waals surface area contributed by atoms with Gasteiger partial charge in [-0.3, -0.25) is 0 Å². The van der Waals surface area contributed by atoms with Crippen LogP contribution in [0.4, 0.5) is 0 Å². The number of benzene rings is 1. The van der Waals surface area contributed by atoms with Crippen LogP contribution in [0.15, 0.2) is 60.4 Å². The number of aromatic carboxylic acids is 1. The Hall–Kier alpha value is -3.43. The quantitative estimate of drug-likeness (QED) is 0.599. The van der Waals surface area contributed by atoms with Crippen LogP contribution in [0.5, 0.6) is 0 Å². The zero-order valence-corrected chi connectivity index (χ0v) is 13.7. The zero-order valence-electron chi connectivity index (χ0n) is 12.9. The molecule has 0 bridgehead atoms. The first kappa shape index (κ1) is 15.1. The third-order valence-corrected chi connectivity index (χ3v) is 4.94. The van der Waals surface area contributed by atoms with Gasteiger partial charge in [0, 0.05) is 39.8 Å². The average molecular weight is 345 g/mol. The van der Waals surface area contributed by atoms with Gasteiger partial charge >= 0.3 is 5.97 Å². The van der Waals surface area contributed by atoms with E-state index < -0.39 is 5.97 Å². The van der Waals surface area contributed by atoms with E-state index in [-0.39, 0.29) is 5.56 Å². The minimum atomic E-state index is -1.01. The molecule has 0 saturated heterocycles. The average Bonchev–Trinajstić information content (AvgIpc) is 3.25. The number of carbonyl (C=O) groups is 1. The van der Waals surface area contributed by atoms with Crippen molar-refractivity contribution in [3.63, 3.8) is 0 Å². The van der Waals surface area contributed by atoms with Gasteiger partial charge in [-0.2, -0.15) is 5.26 Å². The number of hydrogen-bond acceptors (Lipinski definition) is 4. The van der Waals surface area contributed by atoms with Crippen LogP contribution < -0.4 is 0 Å². The van der Waals surface area contributed by atoms with E-state index in [1.807, 2.05) is 35.8 Å². The van der Waals surface area contributed by atoms with Gasteiger partial charge in [-0.15, -0.1) is 11.3 Å². The molecule has 120 valence electrons. The Labute approximate surface area is 147 Å². The second-order valence-electron chi connectivity index (χ2n) is 5.46. The molecule has 25 heavy (non-hydrogen) atoms. The molecule has 0 unspecified atom stereocenters. The second-order valence-corrected chi connectivity index (χ2v) is 6.37. The molecule has 1 N–H and O–H groups in total. The summed E-state index contributed by atoms with van der Waals surface area (Å²) in [6, 6.07) is 13.2. The normalized spacial score (nSPS) is 10.7. The molecule has 0 amide bonds. The lowest BCUT2D eigenvalue weighted by molar-refractivity contribution is 0.0696. The van der Waals surface area contributed by atoms with Crippen molar-refractivity contribution in [2.45, 2.75) is 0 Å². The molecule has 3 heterocycles. The summed E-state index contributed by atoms with van der Waals surface area (Å²) in [7, 11) is 0. The number of carboxylic acids is 1. The van der Waals surface area contributed by atoms with Crippen molar-refractivity contribution < 1.29 is 9.90 Å². The highest BCUT2D eigenvalue weighted by molar-refractivity contribution is 7.17. The summed E-state index contributed by atoms with van der Waals surface area (Å²) in [5.74, 6) is -0.553. The van der Waals surface area contributed by atoms with E-state index in [0.29, 0.717) is 11.4 Å². The molecule has 0 aliphatic heterocycles. The van der Waals surface area contributed by atoms with E-state index in [2.05, 4.69) is 11.1 Å². The molecule has 0 atom stereocenters. The Morgan fingerprint density at radius 3 is 2.84 bits per heavy atom. The molecule has 0 fully saturated rings. The van der Waals surface area contributed by atoms with Gasteiger partial charge in [0.2, 0.25) is 0 Å². The summed E-state index contributed by atoms with van der Waals surface area (Å²) in [5, 5.41) is 21.8. The van der Waals surface area contributed by atoms with Gasteiger partial charge in [0.25, 0.3) is 0 Å². The molecule has 4 aromatic rings. The number of fused-ring (bicyclic) bond motifs is 1. The Morgan fingerprint density at radius 1 is 1.20 bits per heavy atom. The number of carboxylic acid groups (broad SMARTS) is 1. The third kappa shape index (κ3) is 2.57. The molecule has 0 saturated carbocycles. The number of hydrogen-bond donors (Lipinski definition) is 1. The van der Waals surface area contributed by atoms with E-state index in [1.165, 1.54) is 18.3 Å². The minimum Gasteiger partial charge on any atom is -0.478 e. The van der Waals surface area contributed by atoms with Crippen molar-refractivity contribution >= 4 is 27.4 Å². The summed E-state index contributed by atoms with van der Waals surface area (Å²) in [5.41, 5.74) is 2.47. The fourth-order valence-electron chi connectivity index (χ4n) is 2.77. The first-order valence-electron chi connectivity index (χ1n) is 7.46. The van der Waals surface area contributed by atoms with Crippen LogP contribution in [0, 0.1) is 11.3 Å². The van der Waals surface area contributed by atoms with Gasteiger partial charge in [-0.1, -0.05) is 18.2 Å². The highest BCUT2D eigenvalue weighted by Crippen LogP contribution is 2.36. The molecule has 0 radical (unpaired) electrons. The summed E-state index contributed by atoms with van der Waals surface area (Å²) in [6.45, 7) is 0. The fourth-order valence-corrected chi connectivity index (χ4v) is 3.73. The molecule has 4 rings (SSSR count). The van der Waals surface area contributed by atoms with E-state index in [9.17, 15) is 10.1 Å². The lowest BCUT2D eigenvalue weighted by Crippen LogP contribution is -2.00. The number of aromatic nitrogens is 2. The first-order valence-corrected chi connectivity index (χ1v) is 8.34. The minimum absolute atomic E-state index is 0.153. The van der Waals surface area contributed by atoms with E-state index in [0.717, 1.165) is 21.2 Å². The van der Waals surface area contributed by atoms with Crippen LogP contribution in [0.25, 0.3) is 27.0 Å². The van der Waals surface area contributed by atoms with E-state index in [4.69, 9.17) is 5.11 Å².